The van der Waals surface area contributed by atoms with Crippen LogP contribution in [0.4, 0.5) is 0 Å². The highest BCUT2D eigenvalue weighted by Crippen LogP contribution is 2.18. The first-order valence-corrected chi connectivity index (χ1v) is 6.56. The van der Waals surface area contributed by atoms with Crippen LogP contribution in [0, 0.1) is 5.92 Å². The van der Waals surface area contributed by atoms with Gasteiger partial charge in [0.15, 0.2) is 0 Å². The van der Waals surface area contributed by atoms with E-state index in [0.717, 1.165) is 6.54 Å². The lowest BCUT2D eigenvalue weighted by atomic mass is 10.1. The molecule has 1 atom stereocenters. The van der Waals surface area contributed by atoms with Crippen molar-refractivity contribution in [2.45, 2.75) is 33.2 Å². The van der Waals surface area contributed by atoms with Gasteiger partial charge in [-0.25, -0.2) is 0 Å². The van der Waals surface area contributed by atoms with E-state index < -0.39 is 5.91 Å². The van der Waals surface area contributed by atoms with Crippen molar-refractivity contribution < 1.29 is 9.53 Å². The monoisotopic (exact) mass is 264 g/mol. The molecule has 1 rings (SSSR count). The summed E-state index contributed by atoms with van der Waals surface area (Å²) in [5.74, 6) is 0.439. The van der Waals surface area contributed by atoms with Crippen molar-refractivity contribution >= 4 is 5.91 Å². The molecule has 106 valence electrons. The molecule has 0 saturated carbocycles. The van der Waals surface area contributed by atoms with Gasteiger partial charge in [0, 0.05) is 18.0 Å². The quantitative estimate of drug-likeness (QED) is 0.827. The minimum Gasteiger partial charge on any atom is -0.492 e. The Bertz CT molecular complexity index is 424. The molecule has 0 aromatic heterocycles. The number of nitrogens with two attached hydrogens (primary N) is 1. The maximum Gasteiger partial charge on any atom is 0.252 e. The SMILES string of the molecule is CC(CNC(C)(C)C)COc1ccccc1C(N)=O. The molecule has 4 nitrogen and oxygen atoms in total. The van der Waals surface area contributed by atoms with Gasteiger partial charge >= 0.3 is 0 Å². The molecule has 0 radical (unpaired) electrons. The molecule has 0 aliphatic heterocycles. The van der Waals surface area contributed by atoms with E-state index in [4.69, 9.17) is 10.5 Å². The predicted molar refractivity (Wildman–Crippen MR) is 77.4 cm³/mol. The summed E-state index contributed by atoms with van der Waals surface area (Å²) in [6, 6.07) is 7.05. The Morgan fingerprint density at radius 2 is 2.00 bits per heavy atom. The Kier molecular flexibility index (Phi) is 5.36. The molecule has 0 aliphatic rings. The maximum atomic E-state index is 11.3. The van der Waals surface area contributed by atoms with Crippen molar-refractivity contribution in [3.63, 3.8) is 0 Å². The zero-order valence-electron chi connectivity index (χ0n) is 12.2. The Hall–Kier alpha value is -1.55. The van der Waals surface area contributed by atoms with Crippen molar-refractivity contribution in [2.75, 3.05) is 13.2 Å². The molecule has 1 aromatic carbocycles. The molecule has 4 heteroatoms. The molecule has 3 N–H and O–H groups in total. The summed E-state index contributed by atoms with van der Waals surface area (Å²) in [7, 11) is 0. The van der Waals surface area contributed by atoms with Gasteiger partial charge in [-0.05, 0) is 32.9 Å². The van der Waals surface area contributed by atoms with Crippen LogP contribution in [0.5, 0.6) is 5.75 Å². The third-order valence-corrected chi connectivity index (χ3v) is 2.66. The Morgan fingerprint density at radius 3 is 2.58 bits per heavy atom. The number of ether oxygens (including phenoxy) is 1. The van der Waals surface area contributed by atoms with E-state index in [1.54, 1.807) is 18.2 Å². The van der Waals surface area contributed by atoms with E-state index in [2.05, 4.69) is 33.0 Å². The number of amides is 1. The number of primary amides is 1. The predicted octanol–water partition coefficient (Wildman–Crippen LogP) is 2.19. The minimum absolute atomic E-state index is 0.0966. The van der Waals surface area contributed by atoms with Crippen LogP contribution in [0.2, 0.25) is 0 Å². The largest absolute Gasteiger partial charge is 0.492 e. The Balaban J connectivity index is 2.51. The molecule has 0 heterocycles. The molecule has 0 fully saturated rings. The van der Waals surface area contributed by atoms with Crippen LogP contribution in [0.3, 0.4) is 0 Å². The van der Waals surface area contributed by atoms with Crippen LogP contribution in [0.1, 0.15) is 38.1 Å². The van der Waals surface area contributed by atoms with Gasteiger partial charge in [0.05, 0.1) is 12.2 Å². The maximum absolute atomic E-state index is 11.3. The fourth-order valence-electron chi connectivity index (χ4n) is 1.57. The summed E-state index contributed by atoms with van der Waals surface area (Å²) in [6.45, 7) is 9.90. The van der Waals surface area contributed by atoms with Gasteiger partial charge in [0.1, 0.15) is 5.75 Å². The smallest absolute Gasteiger partial charge is 0.252 e. The first-order chi connectivity index (χ1) is 8.79. The van der Waals surface area contributed by atoms with E-state index >= 15 is 0 Å². The molecule has 0 aliphatic carbocycles. The van der Waals surface area contributed by atoms with Gasteiger partial charge in [-0.15, -0.1) is 0 Å². The number of para-hydroxylation sites is 1. The van der Waals surface area contributed by atoms with E-state index in [9.17, 15) is 4.79 Å². The average molecular weight is 264 g/mol. The highest BCUT2D eigenvalue weighted by Gasteiger charge is 2.13. The van der Waals surface area contributed by atoms with E-state index in [1.807, 2.05) is 6.07 Å². The summed E-state index contributed by atoms with van der Waals surface area (Å²) in [5, 5.41) is 3.42. The fraction of sp³-hybridized carbons (Fsp3) is 0.533. The molecule has 19 heavy (non-hydrogen) atoms. The third kappa shape index (κ3) is 5.75. The van der Waals surface area contributed by atoms with Gasteiger partial charge in [-0.3, -0.25) is 4.79 Å². The lowest BCUT2D eigenvalue weighted by Gasteiger charge is -2.23. The summed E-state index contributed by atoms with van der Waals surface area (Å²) in [6.07, 6.45) is 0. The van der Waals surface area contributed by atoms with E-state index in [-0.39, 0.29) is 5.54 Å². The summed E-state index contributed by atoms with van der Waals surface area (Å²) < 4.78 is 5.68. The van der Waals surface area contributed by atoms with Crippen LogP contribution in [0.15, 0.2) is 24.3 Å². The van der Waals surface area contributed by atoms with Crippen molar-refractivity contribution in [1.29, 1.82) is 0 Å². The zero-order chi connectivity index (χ0) is 14.5. The highest BCUT2D eigenvalue weighted by molar-refractivity contribution is 5.95. The van der Waals surface area contributed by atoms with Crippen molar-refractivity contribution in [2.24, 2.45) is 11.7 Å². The van der Waals surface area contributed by atoms with Gasteiger partial charge in [0.2, 0.25) is 0 Å². The lowest BCUT2D eigenvalue weighted by molar-refractivity contribution is 0.0995. The number of rotatable bonds is 6. The average Bonchev–Trinajstić information content (AvgIpc) is 2.33. The molecular formula is C15H24N2O2. The molecule has 1 aromatic rings. The van der Waals surface area contributed by atoms with E-state index in [0.29, 0.717) is 23.8 Å². The van der Waals surface area contributed by atoms with Gasteiger partial charge in [0.25, 0.3) is 5.91 Å². The second-order valence-electron chi connectivity index (χ2n) is 5.91. The number of hydrogen-bond acceptors (Lipinski definition) is 3. The van der Waals surface area contributed by atoms with Crippen molar-refractivity contribution in [3.05, 3.63) is 29.8 Å². The second kappa shape index (κ2) is 6.57. The van der Waals surface area contributed by atoms with Crippen molar-refractivity contribution in [1.82, 2.24) is 5.32 Å². The zero-order valence-corrected chi connectivity index (χ0v) is 12.2. The lowest BCUT2D eigenvalue weighted by Crippen LogP contribution is -2.39. The van der Waals surface area contributed by atoms with Crippen LogP contribution in [-0.2, 0) is 0 Å². The molecule has 0 saturated heterocycles. The number of carbonyl (C=O) groups is 1. The van der Waals surface area contributed by atoms with E-state index in [1.165, 1.54) is 0 Å². The molecule has 0 bridgehead atoms. The first kappa shape index (κ1) is 15.5. The van der Waals surface area contributed by atoms with Gasteiger partial charge in [-0.2, -0.15) is 0 Å². The molecular weight excluding hydrogens is 240 g/mol. The molecule has 0 spiro atoms. The standard InChI is InChI=1S/C15H24N2O2/c1-11(9-17-15(2,3)4)10-19-13-8-6-5-7-12(13)14(16)18/h5-8,11,17H,9-10H2,1-4H3,(H2,16,18). The first-order valence-electron chi connectivity index (χ1n) is 6.56. The highest BCUT2D eigenvalue weighted by atomic mass is 16.5. The van der Waals surface area contributed by atoms with Gasteiger partial charge in [-0.1, -0.05) is 19.1 Å². The van der Waals surface area contributed by atoms with Crippen LogP contribution in [0.25, 0.3) is 0 Å². The van der Waals surface area contributed by atoms with Crippen LogP contribution in [-0.4, -0.2) is 24.6 Å². The van der Waals surface area contributed by atoms with Crippen molar-refractivity contribution in [3.8, 4) is 5.75 Å². The summed E-state index contributed by atoms with van der Waals surface area (Å²) in [4.78, 5) is 11.3. The second-order valence-corrected chi connectivity index (χ2v) is 5.91. The third-order valence-electron chi connectivity index (χ3n) is 2.66. The Labute approximate surface area is 115 Å². The normalized spacial score (nSPS) is 13.1. The minimum atomic E-state index is -0.462. The Morgan fingerprint density at radius 1 is 1.37 bits per heavy atom. The number of benzene rings is 1. The van der Waals surface area contributed by atoms with Crippen LogP contribution < -0.4 is 15.8 Å². The number of carbonyl (C=O) groups excluding carboxylic acids is 1. The summed E-state index contributed by atoms with van der Waals surface area (Å²) in [5.41, 5.74) is 5.83. The number of hydrogen-bond donors (Lipinski definition) is 2. The molecule has 1 unspecified atom stereocenters. The van der Waals surface area contributed by atoms with Gasteiger partial charge < -0.3 is 15.8 Å². The summed E-state index contributed by atoms with van der Waals surface area (Å²) >= 11 is 0. The number of nitrogens with one attached hydrogen (secondary N) is 1. The molecule has 1 amide bonds. The fourth-order valence-corrected chi connectivity index (χ4v) is 1.57. The van der Waals surface area contributed by atoms with Crippen LogP contribution >= 0.6 is 0 Å². The topological polar surface area (TPSA) is 64.3 Å².